The van der Waals surface area contributed by atoms with Gasteiger partial charge in [-0.2, -0.15) is 0 Å². The summed E-state index contributed by atoms with van der Waals surface area (Å²) in [6, 6.07) is 9.90. The highest BCUT2D eigenvalue weighted by molar-refractivity contribution is 5.86. The number of ether oxygens (including phenoxy) is 1. The fourth-order valence-corrected chi connectivity index (χ4v) is 6.33. The molecule has 1 aromatic rings. The Balaban J connectivity index is 1.40. The summed E-state index contributed by atoms with van der Waals surface area (Å²) in [4.78, 5) is 10.7. The minimum atomic E-state index is 0.713. The fraction of sp³-hybridized carbons (Fsp3) is 0.696. The van der Waals surface area contributed by atoms with Crippen LogP contribution in [0.3, 0.4) is 0 Å². The number of hydrogen-bond acceptors (Lipinski definition) is 3. The molecule has 5 rings (SSSR count). The Labute approximate surface area is 163 Å². The van der Waals surface area contributed by atoms with Crippen LogP contribution >= 0.6 is 0 Å². The van der Waals surface area contributed by atoms with Crippen LogP contribution in [0.1, 0.15) is 51.9 Å². The first-order valence-corrected chi connectivity index (χ1v) is 11.1. The fourth-order valence-electron chi connectivity index (χ4n) is 6.33. The van der Waals surface area contributed by atoms with Crippen LogP contribution < -0.4 is 4.74 Å². The lowest BCUT2D eigenvalue weighted by Gasteiger charge is -2.59. The maximum atomic E-state index is 5.58. The van der Waals surface area contributed by atoms with E-state index < -0.39 is 0 Å². The zero-order chi connectivity index (χ0) is 18.2. The van der Waals surface area contributed by atoms with Crippen molar-refractivity contribution in [2.45, 2.75) is 64.0 Å². The van der Waals surface area contributed by atoms with Crippen LogP contribution in [0.5, 0.6) is 5.75 Å². The van der Waals surface area contributed by atoms with Gasteiger partial charge in [-0.1, -0.05) is 0 Å². The van der Waals surface area contributed by atoms with Crippen molar-refractivity contribution in [1.29, 1.82) is 0 Å². The molecule has 0 saturated carbocycles. The van der Waals surface area contributed by atoms with Gasteiger partial charge in [0.1, 0.15) is 11.6 Å². The van der Waals surface area contributed by atoms with Gasteiger partial charge in [0, 0.05) is 25.0 Å². The molecule has 4 saturated heterocycles. The average molecular weight is 368 g/mol. The highest BCUT2D eigenvalue weighted by Crippen LogP contribution is 2.45. The van der Waals surface area contributed by atoms with Gasteiger partial charge < -0.3 is 9.64 Å². The molecule has 4 heterocycles. The van der Waals surface area contributed by atoms with Crippen LogP contribution in [0.25, 0.3) is 0 Å². The summed E-state index contributed by atoms with van der Waals surface area (Å²) in [5, 5.41) is 0. The first-order valence-electron chi connectivity index (χ1n) is 11.1. The van der Waals surface area contributed by atoms with Crippen LogP contribution in [-0.4, -0.2) is 54.0 Å². The smallest absolute Gasteiger partial charge is 0.119 e. The van der Waals surface area contributed by atoms with Crippen molar-refractivity contribution in [3.63, 3.8) is 0 Å². The molecule has 4 heteroatoms. The van der Waals surface area contributed by atoms with Crippen LogP contribution in [0.4, 0.5) is 5.69 Å². The molecule has 1 aromatic carbocycles. The lowest BCUT2D eigenvalue weighted by molar-refractivity contribution is -0.0604. The van der Waals surface area contributed by atoms with E-state index in [2.05, 4.69) is 34.1 Å². The Morgan fingerprint density at radius 1 is 1.04 bits per heavy atom. The lowest BCUT2D eigenvalue weighted by Crippen LogP contribution is -2.66. The summed E-state index contributed by atoms with van der Waals surface area (Å²) in [6.07, 6.45) is 9.42. The van der Waals surface area contributed by atoms with E-state index in [1.807, 2.05) is 6.92 Å². The molecule has 146 valence electrons. The average Bonchev–Trinajstić information content (AvgIpc) is 2.71. The normalized spacial score (nSPS) is 34.9. The minimum absolute atomic E-state index is 0.713. The third kappa shape index (κ3) is 3.26. The highest BCUT2D eigenvalue weighted by Gasteiger charge is 2.49. The Hall–Kier alpha value is -1.55. The molecule has 0 unspecified atom stereocenters. The first-order chi connectivity index (χ1) is 13.3. The van der Waals surface area contributed by atoms with Crippen molar-refractivity contribution in [2.24, 2.45) is 16.8 Å². The van der Waals surface area contributed by atoms with Crippen LogP contribution in [0.2, 0.25) is 0 Å². The third-order valence-electron chi connectivity index (χ3n) is 7.31. The molecule has 4 fully saturated rings. The molecular weight excluding hydrogens is 334 g/mol. The summed E-state index contributed by atoms with van der Waals surface area (Å²) >= 11 is 0. The van der Waals surface area contributed by atoms with E-state index in [0.717, 1.165) is 41.8 Å². The van der Waals surface area contributed by atoms with Crippen molar-refractivity contribution in [3.05, 3.63) is 24.3 Å². The second-order valence-electron chi connectivity index (χ2n) is 8.80. The summed E-state index contributed by atoms with van der Waals surface area (Å²) in [7, 11) is 0. The molecule has 0 N–H and O–H groups in total. The number of aliphatic imine (C=N–C) groups is 1. The van der Waals surface area contributed by atoms with Gasteiger partial charge in [-0.3, -0.25) is 4.90 Å². The van der Waals surface area contributed by atoms with E-state index in [-0.39, 0.29) is 0 Å². The van der Waals surface area contributed by atoms with Gasteiger partial charge in [-0.05, 0) is 94.6 Å². The number of nitrogens with zero attached hydrogens (tertiary/aromatic N) is 3. The molecule has 0 spiro atoms. The van der Waals surface area contributed by atoms with E-state index in [9.17, 15) is 0 Å². The maximum Gasteiger partial charge on any atom is 0.119 e. The number of hydrogen-bond donors (Lipinski definition) is 0. The second kappa shape index (κ2) is 7.46. The molecule has 4 atom stereocenters. The van der Waals surface area contributed by atoms with Crippen molar-refractivity contribution < 1.29 is 4.74 Å². The largest absolute Gasteiger partial charge is 0.494 e. The van der Waals surface area contributed by atoms with Gasteiger partial charge in [-0.15, -0.1) is 0 Å². The zero-order valence-corrected chi connectivity index (χ0v) is 16.6. The monoisotopic (exact) mass is 367 g/mol. The topological polar surface area (TPSA) is 28.1 Å². The van der Waals surface area contributed by atoms with Gasteiger partial charge in [0.25, 0.3) is 0 Å². The van der Waals surface area contributed by atoms with E-state index in [0.29, 0.717) is 6.61 Å². The predicted octanol–water partition coefficient (Wildman–Crippen LogP) is 4.47. The number of piperidine rings is 4. The Bertz CT molecular complexity index is 683. The molecule has 27 heavy (non-hydrogen) atoms. The molecule has 0 amide bonds. The maximum absolute atomic E-state index is 5.58. The van der Waals surface area contributed by atoms with Gasteiger partial charge >= 0.3 is 0 Å². The summed E-state index contributed by atoms with van der Waals surface area (Å²) in [5.74, 6) is 4.00. The lowest BCUT2D eigenvalue weighted by atomic mass is 9.68. The summed E-state index contributed by atoms with van der Waals surface area (Å²) in [5.41, 5.74) is 1.07. The Morgan fingerprint density at radius 3 is 2.67 bits per heavy atom. The predicted molar refractivity (Wildman–Crippen MR) is 110 cm³/mol. The van der Waals surface area contributed by atoms with Crippen LogP contribution in [0, 0.1) is 11.8 Å². The number of rotatable bonds is 3. The Morgan fingerprint density at radius 2 is 1.85 bits per heavy atom. The zero-order valence-electron chi connectivity index (χ0n) is 16.6. The van der Waals surface area contributed by atoms with Crippen LogP contribution in [0.15, 0.2) is 29.3 Å². The Kier molecular flexibility index (Phi) is 4.85. The standard InChI is InChI=1S/C23H33N3O/c1-2-27-19-12-10-18(11-13-19)24-22-9-3-8-21-20-7-5-15-25-14-4-6-17(23(20)25)16-26(21)22/h10-13,17,20-21,23H,2-9,14-16H2,1H3/t17-,20+,21+,23-/m0/s1. The van der Waals surface area contributed by atoms with E-state index in [4.69, 9.17) is 9.73 Å². The molecule has 4 aliphatic heterocycles. The number of benzene rings is 1. The molecule has 0 bridgehead atoms. The van der Waals surface area contributed by atoms with Crippen molar-refractivity contribution in [1.82, 2.24) is 9.80 Å². The SMILES string of the molecule is CCOc1ccc(N=C2CCC[C@@H]3[C@H]4CCCN5CCC[C@@H](CN23)[C@@H]45)cc1. The molecule has 0 aromatic heterocycles. The van der Waals surface area contributed by atoms with Crippen LogP contribution in [-0.2, 0) is 0 Å². The molecule has 4 nitrogen and oxygen atoms in total. The number of amidine groups is 1. The highest BCUT2D eigenvalue weighted by atomic mass is 16.5. The molecular formula is C23H33N3O. The summed E-state index contributed by atoms with van der Waals surface area (Å²) < 4.78 is 5.58. The third-order valence-corrected chi connectivity index (χ3v) is 7.31. The van der Waals surface area contributed by atoms with E-state index in [1.165, 1.54) is 64.0 Å². The van der Waals surface area contributed by atoms with Crippen molar-refractivity contribution in [3.8, 4) is 5.75 Å². The van der Waals surface area contributed by atoms with Gasteiger partial charge in [0.2, 0.25) is 0 Å². The van der Waals surface area contributed by atoms with Crippen molar-refractivity contribution in [2.75, 3.05) is 26.2 Å². The number of fused-ring (bicyclic) bond motifs is 2. The quantitative estimate of drug-likeness (QED) is 0.789. The minimum Gasteiger partial charge on any atom is -0.494 e. The van der Waals surface area contributed by atoms with E-state index >= 15 is 0 Å². The van der Waals surface area contributed by atoms with E-state index in [1.54, 1.807) is 0 Å². The molecule has 0 aliphatic carbocycles. The summed E-state index contributed by atoms with van der Waals surface area (Å²) in [6.45, 7) is 6.66. The first kappa shape index (κ1) is 17.5. The van der Waals surface area contributed by atoms with Gasteiger partial charge in [0.15, 0.2) is 0 Å². The van der Waals surface area contributed by atoms with Crippen molar-refractivity contribution >= 4 is 11.5 Å². The molecule has 0 radical (unpaired) electrons. The van der Waals surface area contributed by atoms with Gasteiger partial charge in [-0.25, -0.2) is 4.99 Å². The van der Waals surface area contributed by atoms with Gasteiger partial charge in [0.05, 0.1) is 12.3 Å². The second-order valence-corrected chi connectivity index (χ2v) is 8.80. The molecule has 4 aliphatic rings.